The van der Waals surface area contributed by atoms with Crippen LogP contribution in [-0.4, -0.2) is 31.0 Å². The molecule has 2 N–H and O–H groups in total. The van der Waals surface area contributed by atoms with Crippen LogP contribution in [-0.2, 0) is 4.79 Å². The number of amides is 1. The molecule has 0 bridgehead atoms. The van der Waals surface area contributed by atoms with Crippen LogP contribution in [0, 0.1) is 5.92 Å². The van der Waals surface area contributed by atoms with E-state index in [9.17, 15) is 4.79 Å². The van der Waals surface area contributed by atoms with Crippen molar-refractivity contribution >= 4 is 35.0 Å². The number of halogens is 1. The average Bonchev–Trinajstić information content (AvgIpc) is 2.32. The van der Waals surface area contributed by atoms with Crippen LogP contribution in [0.4, 0.5) is 5.69 Å². The molecule has 0 aliphatic heterocycles. The quantitative estimate of drug-likeness (QED) is 0.810. The molecule has 0 spiro atoms. The van der Waals surface area contributed by atoms with Crippen LogP contribution in [0.1, 0.15) is 6.92 Å². The lowest BCUT2D eigenvalue weighted by molar-refractivity contribution is -0.115. The monoisotopic (exact) mass is 286 g/mol. The normalized spacial score (nSPS) is 12.2. The predicted octanol–water partition coefficient (Wildman–Crippen LogP) is 2.87. The summed E-state index contributed by atoms with van der Waals surface area (Å²) in [6.07, 6.45) is 2.08. The Morgan fingerprint density at radius 1 is 1.44 bits per heavy atom. The molecule has 1 rings (SSSR count). The van der Waals surface area contributed by atoms with Gasteiger partial charge in [-0.25, -0.2) is 0 Å². The Labute approximate surface area is 118 Å². The summed E-state index contributed by atoms with van der Waals surface area (Å²) in [6, 6.07) is 7.22. The molecule has 0 aliphatic carbocycles. The van der Waals surface area contributed by atoms with Crippen molar-refractivity contribution in [3.05, 3.63) is 29.3 Å². The molecule has 0 fully saturated rings. The molecule has 0 saturated carbocycles. The maximum Gasteiger partial charge on any atom is 0.238 e. The molecule has 18 heavy (non-hydrogen) atoms. The number of carbonyl (C=O) groups excluding carboxylic acids is 1. The van der Waals surface area contributed by atoms with Gasteiger partial charge in [0.1, 0.15) is 0 Å². The molecule has 1 atom stereocenters. The maximum atomic E-state index is 11.7. The number of carbonyl (C=O) groups is 1. The lowest BCUT2D eigenvalue weighted by Gasteiger charge is -2.11. The highest BCUT2D eigenvalue weighted by atomic mass is 35.5. The fourth-order valence-corrected chi connectivity index (χ4v) is 2.40. The van der Waals surface area contributed by atoms with E-state index in [1.807, 2.05) is 23.9 Å². The topological polar surface area (TPSA) is 41.1 Å². The summed E-state index contributed by atoms with van der Waals surface area (Å²) in [4.78, 5) is 11.7. The molecule has 3 nitrogen and oxygen atoms in total. The Morgan fingerprint density at radius 3 is 2.83 bits per heavy atom. The second kappa shape index (κ2) is 8.40. The maximum absolute atomic E-state index is 11.7. The minimum absolute atomic E-state index is 0.0700. The first-order valence-electron chi connectivity index (χ1n) is 5.87. The number of benzene rings is 1. The zero-order chi connectivity index (χ0) is 13.4. The number of para-hydroxylation sites is 1. The molecule has 0 heterocycles. The van der Waals surface area contributed by atoms with Gasteiger partial charge in [-0.3, -0.25) is 4.79 Å². The van der Waals surface area contributed by atoms with Crippen molar-refractivity contribution in [3.63, 3.8) is 0 Å². The van der Waals surface area contributed by atoms with Crippen molar-refractivity contribution in [2.45, 2.75) is 6.92 Å². The Morgan fingerprint density at radius 2 is 2.17 bits per heavy atom. The van der Waals surface area contributed by atoms with Crippen molar-refractivity contribution in [1.82, 2.24) is 5.32 Å². The molecule has 0 radical (unpaired) electrons. The molecule has 100 valence electrons. The van der Waals surface area contributed by atoms with Crippen molar-refractivity contribution in [3.8, 4) is 0 Å². The van der Waals surface area contributed by atoms with Crippen LogP contribution in [0.2, 0.25) is 5.02 Å². The van der Waals surface area contributed by atoms with Crippen LogP contribution >= 0.6 is 23.4 Å². The van der Waals surface area contributed by atoms with E-state index in [4.69, 9.17) is 11.6 Å². The highest BCUT2D eigenvalue weighted by molar-refractivity contribution is 7.98. The molecule has 1 aromatic carbocycles. The number of hydrogen-bond donors (Lipinski definition) is 2. The first-order chi connectivity index (χ1) is 8.63. The highest BCUT2D eigenvalue weighted by Gasteiger charge is 2.06. The highest BCUT2D eigenvalue weighted by Crippen LogP contribution is 2.19. The standard InChI is InChI=1S/C13H19ClN2OS/c1-10(9-18-2)7-15-8-13(17)16-12-6-4-3-5-11(12)14/h3-6,10,15H,7-9H2,1-2H3,(H,16,17). The van der Waals surface area contributed by atoms with Crippen molar-refractivity contribution in [2.24, 2.45) is 5.92 Å². The van der Waals surface area contributed by atoms with E-state index >= 15 is 0 Å². The van der Waals surface area contributed by atoms with Crippen LogP contribution in [0.25, 0.3) is 0 Å². The third kappa shape index (κ3) is 5.76. The number of anilines is 1. The van der Waals surface area contributed by atoms with Gasteiger partial charge in [-0.05, 0) is 36.6 Å². The Hall–Kier alpha value is -0.710. The van der Waals surface area contributed by atoms with E-state index in [1.165, 1.54) is 0 Å². The molecular weight excluding hydrogens is 268 g/mol. The van der Waals surface area contributed by atoms with E-state index < -0.39 is 0 Å². The zero-order valence-corrected chi connectivity index (χ0v) is 12.3. The fourth-order valence-electron chi connectivity index (χ4n) is 1.53. The summed E-state index contributed by atoms with van der Waals surface area (Å²) in [6.45, 7) is 3.32. The van der Waals surface area contributed by atoms with Gasteiger partial charge in [0.2, 0.25) is 5.91 Å². The minimum Gasteiger partial charge on any atom is -0.324 e. The van der Waals surface area contributed by atoms with Crippen molar-refractivity contribution in [2.75, 3.05) is 30.4 Å². The molecule has 0 aromatic heterocycles. The predicted molar refractivity (Wildman–Crippen MR) is 80.5 cm³/mol. The molecule has 0 aliphatic rings. The molecule has 5 heteroatoms. The van der Waals surface area contributed by atoms with E-state index in [0.717, 1.165) is 12.3 Å². The SMILES string of the molecule is CSCC(C)CNCC(=O)Nc1ccccc1Cl. The number of hydrogen-bond acceptors (Lipinski definition) is 3. The average molecular weight is 287 g/mol. The van der Waals surface area contributed by atoms with Crippen LogP contribution < -0.4 is 10.6 Å². The Kier molecular flexibility index (Phi) is 7.16. The molecule has 0 saturated heterocycles. The summed E-state index contributed by atoms with van der Waals surface area (Å²) in [5.41, 5.74) is 0.656. The van der Waals surface area contributed by atoms with Crippen molar-refractivity contribution < 1.29 is 4.79 Å². The van der Waals surface area contributed by atoms with Gasteiger partial charge in [-0.1, -0.05) is 30.7 Å². The second-order valence-corrected chi connectivity index (χ2v) is 5.54. The smallest absolute Gasteiger partial charge is 0.238 e. The fraction of sp³-hybridized carbons (Fsp3) is 0.462. The minimum atomic E-state index is -0.0700. The van der Waals surface area contributed by atoms with Crippen molar-refractivity contribution in [1.29, 1.82) is 0 Å². The number of nitrogens with one attached hydrogen (secondary N) is 2. The second-order valence-electron chi connectivity index (χ2n) is 4.22. The number of rotatable bonds is 7. The van der Waals surface area contributed by atoms with Gasteiger partial charge in [0.15, 0.2) is 0 Å². The number of thioether (sulfide) groups is 1. The van der Waals surface area contributed by atoms with Crippen LogP contribution in [0.3, 0.4) is 0 Å². The third-order valence-electron chi connectivity index (χ3n) is 2.38. The van der Waals surface area contributed by atoms with Gasteiger partial charge in [-0.15, -0.1) is 0 Å². The first kappa shape index (κ1) is 15.3. The van der Waals surface area contributed by atoms with Gasteiger partial charge in [-0.2, -0.15) is 11.8 Å². The molecule has 1 unspecified atom stereocenters. The lowest BCUT2D eigenvalue weighted by atomic mass is 10.2. The molecule has 1 amide bonds. The van der Waals surface area contributed by atoms with Gasteiger partial charge < -0.3 is 10.6 Å². The van der Waals surface area contributed by atoms with Crippen LogP contribution in [0.5, 0.6) is 0 Å². The van der Waals surface area contributed by atoms with E-state index in [-0.39, 0.29) is 5.91 Å². The summed E-state index contributed by atoms with van der Waals surface area (Å²) in [5, 5.41) is 6.48. The van der Waals surface area contributed by atoms with Gasteiger partial charge >= 0.3 is 0 Å². The summed E-state index contributed by atoms with van der Waals surface area (Å²) in [5.74, 6) is 1.59. The summed E-state index contributed by atoms with van der Waals surface area (Å²) < 4.78 is 0. The van der Waals surface area contributed by atoms with Gasteiger partial charge in [0, 0.05) is 0 Å². The third-order valence-corrected chi connectivity index (χ3v) is 3.61. The van der Waals surface area contributed by atoms with Gasteiger partial charge in [0.25, 0.3) is 0 Å². The lowest BCUT2D eigenvalue weighted by Crippen LogP contribution is -2.31. The summed E-state index contributed by atoms with van der Waals surface area (Å²) in [7, 11) is 0. The van der Waals surface area contributed by atoms with Crippen LogP contribution in [0.15, 0.2) is 24.3 Å². The largest absolute Gasteiger partial charge is 0.324 e. The van der Waals surface area contributed by atoms with E-state index in [0.29, 0.717) is 23.2 Å². The molecule has 1 aromatic rings. The molecular formula is C13H19ClN2OS. The first-order valence-corrected chi connectivity index (χ1v) is 7.64. The van der Waals surface area contributed by atoms with E-state index in [2.05, 4.69) is 23.8 Å². The summed E-state index contributed by atoms with van der Waals surface area (Å²) >= 11 is 7.77. The van der Waals surface area contributed by atoms with Gasteiger partial charge in [0.05, 0.1) is 17.3 Å². The Balaban J connectivity index is 2.28. The van der Waals surface area contributed by atoms with E-state index in [1.54, 1.807) is 12.1 Å². The zero-order valence-electron chi connectivity index (χ0n) is 10.7. The Bertz CT molecular complexity index is 387.